The lowest BCUT2D eigenvalue weighted by atomic mass is 9.75. The number of hydrogen-bond acceptors (Lipinski definition) is 2. The van der Waals surface area contributed by atoms with E-state index in [-0.39, 0.29) is 5.41 Å². The van der Waals surface area contributed by atoms with Gasteiger partial charge in [0.05, 0.1) is 0 Å². The van der Waals surface area contributed by atoms with Gasteiger partial charge >= 0.3 is 0 Å². The molecular weight excluding hydrogens is 222 g/mol. The van der Waals surface area contributed by atoms with Crippen LogP contribution in [0.2, 0.25) is 0 Å². The Hall–Kier alpha value is -0.860. The summed E-state index contributed by atoms with van der Waals surface area (Å²) in [5.41, 5.74) is 3.10. The highest BCUT2D eigenvalue weighted by Gasteiger charge is 2.42. The van der Waals surface area contributed by atoms with E-state index in [0.29, 0.717) is 12.6 Å². The van der Waals surface area contributed by atoms with E-state index in [4.69, 9.17) is 0 Å². The van der Waals surface area contributed by atoms with Gasteiger partial charge in [-0.3, -0.25) is 0 Å². The van der Waals surface area contributed by atoms with Gasteiger partial charge in [0.1, 0.15) is 0 Å². The van der Waals surface area contributed by atoms with Gasteiger partial charge in [0.15, 0.2) is 0 Å². The lowest BCUT2D eigenvalue weighted by Gasteiger charge is -2.37. The zero-order chi connectivity index (χ0) is 12.6. The summed E-state index contributed by atoms with van der Waals surface area (Å²) >= 11 is 0. The summed E-state index contributed by atoms with van der Waals surface area (Å²) in [5, 5.41) is 12.9. The predicted molar refractivity (Wildman–Crippen MR) is 73.7 cm³/mol. The van der Waals surface area contributed by atoms with Crippen LogP contribution < -0.4 is 5.32 Å². The van der Waals surface area contributed by atoms with Gasteiger partial charge in [-0.15, -0.1) is 0 Å². The molecule has 3 rings (SSSR count). The zero-order valence-electron chi connectivity index (χ0n) is 11.2. The van der Waals surface area contributed by atoms with Crippen molar-refractivity contribution in [2.24, 2.45) is 5.41 Å². The molecule has 98 valence electrons. The van der Waals surface area contributed by atoms with E-state index >= 15 is 0 Å². The first-order valence-electron chi connectivity index (χ1n) is 7.12. The van der Waals surface area contributed by atoms with E-state index in [1.54, 1.807) is 0 Å². The largest absolute Gasteiger partial charge is 0.396 e. The Balaban J connectivity index is 1.46. The maximum absolute atomic E-state index is 9.28. The molecule has 2 N–H and O–H groups in total. The van der Waals surface area contributed by atoms with Crippen molar-refractivity contribution in [1.82, 2.24) is 5.32 Å². The van der Waals surface area contributed by atoms with E-state index in [1.165, 1.54) is 36.8 Å². The molecule has 0 bridgehead atoms. The van der Waals surface area contributed by atoms with Crippen LogP contribution in [0, 0.1) is 12.3 Å². The molecule has 1 aromatic carbocycles. The topological polar surface area (TPSA) is 32.3 Å². The molecule has 2 aliphatic carbocycles. The molecule has 0 aromatic heterocycles. The Bertz CT molecular complexity index is 419. The molecule has 2 fully saturated rings. The minimum absolute atomic E-state index is 0.244. The van der Waals surface area contributed by atoms with Gasteiger partial charge in [-0.05, 0) is 44.1 Å². The third-order valence-corrected chi connectivity index (χ3v) is 4.71. The third kappa shape index (κ3) is 2.45. The molecule has 1 aromatic rings. The summed E-state index contributed by atoms with van der Waals surface area (Å²) in [4.78, 5) is 0. The van der Waals surface area contributed by atoms with Gasteiger partial charge in [0.2, 0.25) is 0 Å². The lowest BCUT2D eigenvalue weighted by Crippen LogP contribution is -2.43. The average molecular weight is 245 g/mol. The molecule has 0 amide bonds. The molecule has 2 aliphatic rings. The molecular formula is C16H23NO. The van der Waals surface area contributed by atoms with Crippen molar-refractivity contribution in [2.75, 3.05) is 13.2 Å². The Kier molecular flexibility index (Phi) is 3.16. The Morgan fingerprint density at radius 3 is 2.72 bits per heavy atom. The van der Waals surface area contributed by atoms with Crippen LogP contribution in [-0.2, 0) is 0 Å². The second-order valence-electron chi connectivity index (χ2n) is 6.32. The third-order valence-electron chi connectivity index (χ3n) is 4.71. The monoisotopic (exact) mass is 245 g/mol. The van der Waals surface area contributed by atoms with Crippen LogP contribution in [0.15, 0.2) is 24.3 Å². The average Bonchev–Trinajstić information content (AvgIpc) is 3.08. The first-order chi connectivity index (χ1) is 8.71. The molecule has 2 saturated carbocycles. The van der Waals surface area contributed by atoms with E-state index in [1.807, 2.05) is 0 Å². The van der Waals surface area contributed by atoms with Crippen molar-refractivity contribution in [3.05, 3.63) is 35.4 Å². The molecule has 0 heterocycles. The van der Waals surface area contributed by atoms with Crippen LogP contribution >= 0.6 is 0 Å². The van der Waals surface area contributed by atoms with Crippen molar-refractivity contribution < 1.29 is 5.11 Å². The highest BCUT2D eigenvalue weighted by Crippen LogP contribution is 2.45. The fraction of sp³-hybridized carbons (Fsp3) is 0.625. The highest BCUT2D eigenvalue weighted by atomic mass is 16.3. The number of rotatable bonds is 5. The van der Waals surface area contributed by atoms with Crippen molar-refractivity contribution in [3.8, 4) is 0 Å². The fourth-order valence-corrected chi connectivity index (χ4v) is 2.91. The highest BCUT2D eigenvalue weighted by molar-refractivity contribution is 5.27. The number of aliphatic hydroxyl groups excluding tert-OH is 1. The maximum Gasteiger partial charge on any atom is 0.0499 e. The molecule has 2 heteroatoms. The number of hydrogen-bond donors (Lipinski definition) is 2. The van der Waals surface area contributed by atoms with Crippen molar-refractivity contribution in [3.63, 3.8) is 0 Å². The minimum Gasteiger partial charge on any atom is -0.396 e. The Morgan fingerprint density at radius 1 is 1.33 bits per heavy atom. The second-order valence-corrected chi connectivity index (χ2v) is 6.32. The van der Waals surface area contributed by atoms with E-state index in [2.05, 4.69) is 36.5 Å². The van der Waals surface area contributed by atoms with Gasteiger partial charge in [0.25, 0.3) is 0 Å². The quantitative estimate of drug-likeness (QED) is 0.835. The smallest absolute Gasteiger partial charge is 0.0499 e. The predicted octanol–water partition coefficient (Wildman–Crippen LogP) is 2.60. The van der Waals surface area contributed by atoms with E-state index in [0.717, 1.165) is 12.5 Å². The van der Waals surface area contributed by atoms with Gasteiger partial charge in [-0.1, -0.05) is 29.8 Å². The Labute approximate surface area is 109 Å². The van der Waals surface area contributed by atoms with Gasteiger partial charge < -0.3 is 10.4 Å². The first kappa shape index (κ1) is 12.2. The molecule has 2 nitrogen and oxygen atoms in total. The maximum atomic E-state index is 9.28. The first-order valence-corrected chi connectivity index (χ1v) is 7.12. The van der Waals surface area contributed by atoms with Crippen LogP contribution in [0.5, 0.6) is 0 Å². The number of aliphatic hydroxyl groups is 1. The Morgan fingerprint density at radius 2 is 2.11 bits per heavy atom. The van der Waals surface area contributed by atoms with Gasteiger partial charge in [-0.2, -0.15) is 0 Å². The minimum atomic E-state index is 0.244. The van der Waals surface area contributed by atoms with Gasteiger partial charge in [0, 0.05) is 24.6 Å². The summed E-state index contributed by atoms with van der Waals surface area (Å²) in [6.45, 7) is 3.53. The number of nitrogens with one attached hydrogen (secondary N) is 1. The summed E-state index contributed by atoms with van der Waals surface area (Å²) in [6, 6.07) is 9.56. The summed E-state index contributed by atoms with van der Waals surface area (Å²) in [6.07, 6.45) is 4.91. The van der Waals surface area contributed by atoms with E-state index in [9.17, 15) is 5.11 Å². The summed E-state index contributed by atoms with van der Waals surface area (Å²) in [5.74, 6) is 0.742. The summed E-state index contributed by atoms with van der Waals surface area (Å²) in [7, 11) is 0. The number of aryl methyl sites for hydroxylation is 1. The number of benzene rings is 1. The molecule has 0 unspecified atom stereocenters. The molecule has 0 aliphatic heterocycles. The van der Waals surface area contributed by atoms with Crippen molar-refractivity contribution in [1.29, 1.82) is 0 Å². The normalized spacial score (nSPS) is 28.8. The molecule has 0 radical (unpaired) electrons. The fourth-order valence-electron chi connectivity index (χ4n) is 2.91. The van der Waals surface area contributed by atoms with Crippen LogP contribution in [-0.4, -0.2) is 24.3 Å². The summed E-state index contributed by atoms with van der Waals surface area (Å²) < 4.78 is 0. The van der Waals surface area contributed by atoms with Crippen LogP contribution in [0.1, 0.15) is 42.7 Å². The van der Waals surface area contributed by atoms with Crippen molar-refractivity contribution >= 4 is 0 Å². The van der Waals surface area contributed by atoms with Gasteiger partial charge in [-0.25, -0.2) is 0 Å². The van der Waals surface area contributed by atoms with Crippen molar-refractivity contribution in [2.45, 2.75) is 44.6 Å². The van der Waals surface area contributed by atoms with Crippen LogP contribution in [0.4, 0.5) is 0 Å². The molecule has 18 heavy (non-hydrogen) atoms. The van der Waals surface area contributed by atoms with Crippen LogP contribution in [0.3, 0.4) is 0 Å². The SMILES string of the molecule is Cc1cccc(C2CC(NCC3(CO)CC3)C2)c1. The second kappa shape index (κ2) is 4.67. The standard InChI is InChI=1S/C16H23NO/c1-12-3-2-4-13(7-12)14-8-15(9-14)17-10-16(11-18)5-6-16/h2-4,7,14-15,17-18H,5-6,8-11H2,1H3. The lowest BCUT2D eigenvalue weighted by molar-refractivity contribution is 0.190. The molecule has 0 saturated heterocycles. The van der Waals surface area contributed by atoms with E-state index < -0.39 is 0 Å². The zero-order valence-corrected chi connectivity index (χ0v) is 11.2. The molecule has 0 spiro atoms. The molecule has 0 atom stereocenters. The van der Waals surface area contributed by atoms with Crippen LogP contribution in [0.25, 0.3) is 0 Å².